The maximum absolute atomic E-state index is 12.2. The van der Waals surface area contributed by atoms with Gasteiger partial charge in [-0.05, 0) is 0 Å². The second-order valence-corrected chi connectivity index (χ2v) is 7.69. The van der Waals surface area contributed by atoms with Crippen molar-refractivity contribution in [2.45, 2.75) is 24.5 Å². The molecule has 29 heavy (non-hydrogen) atoms. The third-order valence-corrected chi connectivity index (χ3v) is 5.51. The van der Waals surface area contributed by atoms with E-state index in [0.717, 1.165) is 10.7 Å². The van der Waals surface area contributed by atoms with Gasteiger partial charge in [-0.15, -0.1) is 0 Å². The third kappa shape index (κ3) is 4.03. The molecule has 14 nitrogen and oxygen atoms in total. The Morgan fingerprint density at radius 2 is 2.07 bits per heavy atom. The molecule has 1 aliphatic heterocycles. The van der Waals surface area contributed by atoms with E-state index in [0.29, 0.717) is 0 Å². The van der Waals surface area contributed by atoms with Crippen LogP contribution in [0, 0.1) is 0 Å². The van der Waals surface area contributed by atoms with Gasteiger partial charge in [0, 0.05) is 18.3 Å². The van der Waals surface area contributed by atoms with Gasteiger partial charge in [0.15, 0.2) is 11.9 Å². The Hall–Kier alpha value is -1.61. The molecule has 4 heterocycles. The number of aliphatic hydroxyl groups excluding tert-OH is 2. The summed E-state index contributed by atoms with van der Waals surface area (Å²) in [6.45, 7) is -0.503. The number of hydrogen-bond donors (Lipinski definition) is 4. The van der Waals surface area contributed by atoms with Crippen LogP contribution in [0.1, 0.15) is 6.23 Å². The van der Waals surface area contributed by atoms with Gasteiger partial charge in [0.05, 0.1) is 12.9 Å². The van der Waals surface area contributed by atoms with Crippen LogP contribution in [0.15, 0.2) is 25.0 Å². The van der Waals surface area contributed by atoms with Gasteiger partial charge >= 0.3 is 37.3 Å². The SMILES string of the molecule is Nc1nc([O-])c2ncn([C@@H]3O[C@H](COP(=O)(O)n4ccnc4)[C@@H](O)[C@H]3O)c2n1.[Na+]. The molecule has 150 valence electrons. The third-order valence-electron chi connectivity index (χ3n) is 4.21. The average Bonchev–Trinajstić information content (AvgIpc) is 3.35. The maximum atomic E-state index is 12.2. The molecular formula is C13H15N7NaO7P. The van der Waals surface area contributed by atoms with Crippen LogP contribution in [0.4, 0.5) is 5.95 Å². The normalized spacial score (nSPS) is 26.3. The molecule has 1 fully saturated rings. The number of fused-ring (bicyclic) bond motifs is 1. The summed E-state index contributed by atoms with van der Waals surface area (Å²) in [6.07, 6.45) is -0.402. The Kier molecular flexibility index (Phi) is 6.29. The van der Waals surface area contributed by atoms with Gasteiger partial charge in [-0.3, -0.25) is 9.09 Å². The van der Waals surface area contributed by atoms with Crippen molar-refractivity contribution in [1.29, 1.82) is 0 Å². The fraction of sp³-hybridized carbons (Fsp3) is 0.385. The first-order valence-corrected chi connectivity index (χ1v) is 9.46. The number of aliphatic hydroxyl groups is 2. The Morgan fingerprint density at radius 1 is 1.31 bits per heavy atom. The first kappa shape index (κ1) is 22.1. The fourth-order valence-electron chi connectivity index (χ4n) is 2.83. The van der Waals surface area contributed by atoms with Crippen LogP contribution < -0.4 is 40.4 Å². The molecule has 0 saturated carbocycles. The van der Waals surface area contributed by atoms with Crippen molar-refractivity contribution >= 4 is 24.9 Å². The molecule has 0 aliphatic carbocycles. The zero-order valence-electron chi connectivity index (χ0n) is 15.0. The average molecular weight is 435 g/mol. The second-order valence-electron chi connectivity index (χ2n) is 5.99. The second kappa shape index (κ2) is 8.26. The van der Waals surface area contributed by atoms with E-state index in [9.17, 15) is 24.8 Å². The van der Waals surface area contributed by atoms with Crippen molar-refractivity contribution in [1.82, 2.24) is 28.8 Å². The largest absolute Gasteiger partial charge is 1.00 e. The minimum atomic E-state index is -4.24. The van der Waals surface area contributed by atoms with E-state index in [-0.39, 0.29) is 46.7 Å². The summed E-state index contributed by atoms with van der Waals surface area (Å²) in [7, 11) is -4.24. The van der Waals surface area contributed by atoms with Gasteiger partial charge in [0.2, 0.25) is 5.95 Å². The molecular weight excluding hydrogens is 420 g/mol. The van der Waals surface area contributed by atoms with E-state index >= 15 is 0 Å². The van der Waals surface area contributed by atoms with Crippen LogP contribution >= 0.6 is 7.75 Å². The summed E-state index contributed by atoms with van der Waals surface area (Å²) in [5.41, 5.74) is 5.41. The number of ether oxygens (including phenoxy) is 1. The molecule has 3 aromatic heterocycles. The number of rotatable bonds is 5. The van der Waals surface area contributed by atoms with Crippen LogP contribution in [-0.2, 0) is 13.8 Å². The summed E-state index contributed by atoms with van der Waals surface area (Å²) < 4.78 is 24.8. The molecule has 4 rings (SSSR count). The molecule has 0 bridgehead atoms. The van der Waals surface area contributed by atoms with E-state index in [4.69, 9.17) is 15.0 Å². The zero-order chi connectivity index (χ0) is 20.1. The monoisotopic (exact) mass is 435 g/mol. The standard InChI is InChI=1S/C13H16N7O7P.Na/c14-13-17-10-7(11(23)18-13)16-5-20(10)12-9(22)8(21)6(27-12)3-26-28(24,25)19-2-1-15-4-19;/h1-2,4-6,8-9,12,21-22H,3H2,(H,24,25)(H3,14,17,18,23);/q;+1/p-1/t6-,8-,9-,12-;/m1./s1. The summed E-state index contributed by atoms with van der Waals surface area (Å²) in [5, 5.41) is 32.4. The molecule has 0 amide bonds. The van der Waals surface area contributed by atoms with E-state index in [1.165, 1.54) is 23.3 Å². The fourth-order valence-corrected chi connectivity index (χ4v) is 3.72. The van der Waals surface area contributed by atoms with Gasteiger partial charge in [-0.2, -0.15) is 4.98 Å². The van der Waals surface area contributed by atoms with Crippen LogP contribution in [0.2, 0.25) is 0 Å². The first-order valence-electron chi connectivity index (χ1n) is 7.93. The quantitative estimate of drug-likeness (QED) is 0.219. The molecule has 0 aromatic carbocycles. The predicted molar refractivity (Wildman–Crippen MR) is 88.5 cm³/mol. The molecule has 1 saturated heterocycles. The number of nitrogens with zero attached hydrogens (tertiary/aromatic N) is 6. The number of anilines is 1. The van der Waals surface area contributed by atoms with E-state index < -0.39 is 44.8 Å². The van der Waals surface area contributed by atoms with Gasteiger partial charge in [0.25, 0.3) is 0 Å². The van der Waals surface area contributed by atoms with Crippen molar-refractivity contribution in [3.8, 4) is 5.88 Å². The summed E-state index contributed by atoms with van der Waals surface area (Å²) in [6, 6.07) is 0. The molecule has 1 aliphatic rings. The Labute approximate surface area is 184 Å². The number of hydrogen-bond acceptors (Lipinski definition) is 11. The molecule has 0 spiro atoms. The number of nitrogen functional groups attached to an aromatic ring is 1. The minimum Gasteiger partial charge on any atom is -0.857 e. The van der Waals surface area contributed by atoms with Crippen molar-refractivity contribution in [2.75, 3.05) is 12.3 Å². The minimum absolute atomic E-state index is 0. The summed E-state index contributed by atoms with van der Waals surface area (Å²) in [4.78, 5) is 24.8. The van der Waals surface area contributed by atoms with Crippen molar-refractivity contribution in [3.63, 3.8) is 0 Å². The van der Waals surface area contributed by atoms with Crippen molar-refractivity contribution in [2.24, 2.45) is 0 Å². The van der Waals surface area contributed by atoms with Crippen LogP contribution in [0.5, 0.6) is 5.88 Å². The van der Waals surface area contributed by atoms with Gasteiger partial charge < -0.3 is 30.7 Å². The smallest absolute Gasteiger partial charge is 0.857 e. The molecule has 3 aromatic rings. The first-order chi connectivity index (χ1) is 13.3. The summed E-state index contributed by atoms with van der Waals surface area (Å²) >= 11 is 0. The Morgan fingerprint density at radius 3 is 2.76 bits per heavy atom. The predicted octanol–water partition coefficient (Wildman–Crippen LogP) is -5.03. The van der Waals surface area contributed by atoms with Crippen LogP contribution in [0.3, 0.4) is 0 Å². The van der Waals surface area contributed by atoms with Crippen LogP contribution in [0.25, 0.3) is 11.2 Å². The maximum Gasteiger partial charge on any atom is 1.00 e. The number of aromatic nitrogens is 6. The molecule has 5 N–H and O–H groups in total. The van der Waals surface area contributed by atoms with Crippen molar-refractivity contribution in [3.05, 3.63) is 25.0 Å². The topological polar surface area (TPSA) is 207 Å². The van der Waals surface area contributed by atoms with E-state index in [1.54, 1.807) is 0 Å². The number of nitrogens with two attached hydrogens (primary N) is 1. The van der Waals surface area contributed by atoms with Gasteiger partial charge in [-0.25, -0.2) is 23.9 Å². The van der Waals surface area contributed by atoms with Crippen LogP contribution in [-0.4, -0.2) is 68.9 Å². The molecule has 0 radical (unpaired) electrons. The van der Waals surface area contributed by atoms with E-state index in [2.05, 4.69) is 19.9 Å². The molecule has 16 heteroatoms. The molecule has 1 unspecified atom stereocenters. The van der Waals surface area contributed by atoms with Gasteiger partial charge in [0.1, 0.15) is 30.2 Å². The number of imidazole rings is 2. The Bertz CT molecular complexity index is 1050. The zero-order valence-corrected chi connectivity index (χ0v) is 17.9. The Balaban J connectivity index is 0.00000240. The van der Waals surface area contributed by atoms with E-state index in [1.807, 2.05) is 0 Å². The van der Waals surface area contributed by atoms with Gasteiger partial charge in [-0.1, -0.05) is 0 Å². The summed E-state index contributed by atoms with van der Waals surface area (Å²) in [5.74, 6) is -0.982. The molecule has 5 atom stereocenters. The van der Waals surface area contributed by atoms with Crippen molar-refractivity contribution < 1.29 is 63.6 Å².